The van der Waals surface area contributed by atoms with Crippen molar-refractivity contribution in [2.24, 2.45) is 4.99 Å². The maximum atomic E-state index is 5.30. The Morgan fingerprint density at radius 3 is 2.90 bits per heavy atom. The van der Waals surface area contributed by atoms with Crippen molar-refractivity contribution >= 4 is 57.2 Å². The van der Waals surface area contributed by atoms with E-state index in [-0.39, 0.29) is 24.0 Å². The number of hydrogen-bond acceptors (Lipinski definition) is 3. The molecule has 116 valence electrons. The Balaban J connectivity index is 0.00000220. The van der Waals surface area contributed by atoms with Gasteiger partial charge in [-0.3, -0.25) is 0 Å². The highest BCUT2D eigenvalue weighted by molar-refractivity contribution is 14.0. The van der Waals surface area contributed by atoms with Crippen LogP contribution in [-0.2, 0) is 13.0 Å². The normalized spacial score (nSPS) is 11.0. The van der Waals surface area contributed by atoms with Gasteiger partial charge in [-0.25, -0.2) is 4.99 Å². The number of aliphatic imine (C=N–C) groups is 1. The van der Waals surface area contributed by atoms with E-state index in [4.69, 9.17) is 4.42 Å². The standard InChI is InChI=1S/C14H18BrN3OS.HI/c1-2-16-14(17-6-5-12-4-3-7-19-12)18-9-13-8-11(15)10-20-13;/h3-4,7-8,10H,2,5-6,9H2,1H3,(H2,16,17,18);1H. The van der Waals surface area contributed by atoms with Crippen LogP contribution in [0, 0.1) is 0 Å². The van der Waals surface area contributed by atoms with Crippen molar-refractivity contribution in [3.63, 3.8) is 0 Å². The molecule has 0 bridgehead atoms. The summed E-state index contributed by atoms with van der Waals surface area (Å²) in [7, 11) is 0. The Kier molecular flexibility index (Phi) is 9.02. The van der Waals surface area contributed by atoms with E-state index < -0.39 is 0 Å². The average Bonchev–Trinajstić information content (AvgIpc) is 3.07. The third-order valence-electron chi connectivity index (χ3n) is 2.60. The molecule has 2 heterocycles. The SMILES string of the molecule is CCNC(=NCc1cc(Br)cs1)NCCc1ccco1.I. The molecule has 0 saturated heterocycles. The molecule has 0 saturated carbocycles. The van der Waals surface area contributed by atoms with Crippen molar-refractivity contribution in [3.05, 3.63) is 45.0 Å². The second-order valence-electron chi connectivity index (χ2n) is 4.18. The highest BCUT2D eigenvalue weighted by Gasteiger charge is 2.01. The van der Waals surface area contributed by atoms with Crippen LogP contribution >= 0.6 is 51.2 Å². The lowest BCUT2D eigenvalue weighted by Crippen LogP contribution is -2.38. The molecule has 0 aliphatic carbocycles. The minimum Gasteiger partial charge on any atom is -0.469 e. The van der Waals surface area contributed by atoms with Crippen molar-refractivity contribution in [3.8, 4) is 0 Å². The zero-order chi connectivity index (χ0) is 14.2. The van der Waals surface area contributed by atoms with Gasteiger partial charge in [0.25, 0.3) is 0 Å². The maximum Gasteiger partial charge on any atom is 0.191 e. The third-order valence-corrected chi connectivity index (χ3v) is 4.29. The molecule has 0 spiro atoms. The lowest BCUT2D eigenvalue weighted by molar-refractivity contribution is 0.507. The van der Waals surface area contributed by atoms with Gasteiger partial charge < -0.3 is 15.1 Å². The second-order valence-corrected chi connectivity index (χ2v) is 6.09. The van der Waals surface area contributed by atoms with E-state index in [0.717, 1.165) is 35.7 Å². The van der Waals surface area contributed by atoms with Crippen LogP contribution in [0.25, 0.3) is 0 Å². The summed E-state index contributed by atoms with van der Waals surface area (Å²) in [6.07, 6.45) is 2.55. The number of thiophene rings is 1. The van der Waals surface area contributed by atoms with Gasteiger partial charge in [-0.05, 0) is 41.1 Å². The molecule has 0 unspecified atom stereocenters. The second kappa shape index (κ2) is 10.2. The van der Waals surface area contributed by atoms with E-state index in [1.54, 1.807) is 17.6 Å². The lowest BCUT2D eigenvalue weighted by Gasteiger charge is -2.10. The van der Waals surface area contributed by atoms with Crippen LogP contribution < -0.4 is 10.6 Å². The van der Waals surface area contributed by atoms with Gasteiger partial charge in [0.05, 0.1) is 12.8 Å². The molecule has 2 aromatic rings. The summed E-state index contributed by atoms with van der Waals surface area (Å²) in [5.74, 6) is 1.82. The molecular formula is C14H19BrIN3OS. The van der Waals surface area contributed by atoms with E-state index in [0.29, 0.717) is 6.54 Å². The molecule has 21 heavy (non-hydrogen) atoms. The summed E-state index contributed by atoms with van der Waals surface area (Å²) in [4.78, 5) is 5.81. The van der Waals surface area contributed by atoms with E-state index >= 15 is 0 Å². The van der Waals surface area contributed by atoms with Gasteiger partial charge in [-0.1, -0.05) is 0 Å². The Morgan fingerprint density at radius 2 is 2.29 bits per heavy atom. The fourth-order valence-corrected chi connectivity index (χ4v) is 3.07. The van der Waals surface area contributed by atoms with E-state index in [1.807, 2.05) is 12.1 Å². The van der Waals surface area contributed by atoms with Gasteiger partial charge in [0.15, 0.2) is 5.96 Å². The first-order valence-corrected chi connectivity index (χ1v) is 8.22. The fourth-order valence-electron chi connectivity index (χ4n) is 1.69. The molecule has 0 amide bonds. The van der Waals surface area contributed by atoms with Crippen LogP contribution in [0.4, 0.5) is 0 Å². The number of furan rings is 1. The Hall–Kier alpha value is -0.540. The quantitative estimate of drug-likeness (QED) is 0.370. The first-order chi connectivity index (χ1) is 9.78. The van der Waals surface area contributed by atoms with Gasteiger partial charge in [0, 0.05) is 34.2 Å². The summed E-state index contributed by atoms with van der Waals surface area (Å²) in [5.41, 5.74) is 0. The molecule has 0 atom stereocenters. The van der Waals surface area contributed by atoms with E-state index in [9.17, 15) is 0 Å². The largest absolute Gasteiger partial charge is 0.469 e. The van der Waals surface area contributed by atoms with Crippen LogP contribution in [0.5, 0.6) is 0 Å². The summed E-state index contributed by atoms with van der Waals surface area (Å²) >= 11 is 5.16. The van der Waals surface area contributed by atoms with Crippen LogP contribution in [0.15, 0.2) is 43.7 Å². The Morgan fingerprint density at radius 1 is 1.43 bits per heavy atom. The molecule has 0 radical (unpaired) electrons. The third kappa shape index (κ3) is 6.84. The zero-order valence-corrected chi connectivity index (χ0v) is 16.5. The molecule has 0 aliphatic rings. The molecule has 0 aliphatic heterocycles. The predicted octanol–water partition coefficient (Wildman–Crippen LogP) is 4.02. The van der Waals surface area contributed by atoms with Crippen molar-refractivity contribution in [2.45, 2.75) is 19.9 Å². The van der Waals surface area contributed by atoms with Gasteiger partial charge in [0.2, 0.25) is 0 Å². The molecule has 0 fully saturated rings. The Labute approximate surface area is 154 Å². The first kappa shape index (κ1) is 18.5. The fraction of sp³-hybridized carbons (Fsp3) is 0.357. The molecule has 2 aromatic heterocycles. The van der Waals surface area contributed by atoms with Crippen LogP contribution in [0.2, 0.25) is 0 Å². The van der Waals surface area contributed by atoms with E-state index in [1.165, 1.54) is 4.88 Å². The molecule has 2 rings (SSSR count). The van der Waals surface area contributed by atoms with Crippen molar-refractivity contribution in [1.82, 2.24) is 10.6 Å². The highest BCUT2D eigenvalue weighted by atomic mass is 127. The predicted molar refractivity (Wildman–Crippen MR) is 103 cm³/mol. The van der Waals surface area contributed by atoms with Crippen LogP contribution in [-0.4, -0.2) is 19.0 Å². The monoisotopic (exact) mass is 483 g/mol. The van der Waals surface area contributed by atoms with Crippen molar-refractivity contribution in [2.75, 3.05) is 13.1 Å². The van der Waals surface area contributed by atoms with Gasteiger partial charge in [-0.15, -0.1) is 35.3 Å². The number of nitrogens with zero attached hydrogens (tertiary/aromatic N) is 1. The van der Waals surface area contributed by atoms with Gasteiger partial charge in [-0.2, -0.15) is 0 Å². The van der Waals surface area contributed by atoms with Crippen LogP contribution in [0.3, 0.4) is 0 Å². The van der Waals surface area contributed by atoms with Gasteiger partial charge >= 0.3 is 0 Å². The summed E-state index contributed by atoms with van der Waals surface area (Å²) in [5, 5.41) is 8.62. The number of halogens is 2. The number of guanidine groups is 1. The molecule has 7 heteroatoms. The lowest BCUT2D eigenvalue weighted by atomic mass is 10.3. The van der Waals surface area contributed by atoms with E-state index in [2.05, 4.69) is 49.9 Å². The highest BCUT2D eigenvalue weighted by Crippen LogP contribution is 2.20. The maximum absolute atomic E-state index is 5.30. The number of hydrogen-bond donors (Lipinski definition) is 2. The summed E-state index contributed by atoms with van der Waals surface area (Å²) < 4.78 is 6.42. The zero-order valence-electron chi connectivity index (χ0n) is 11.8. The average molecular weight is 484 g/mol. The number of rotatable bonds is 6. The minimum absolute atomic E-state index is 0. The molecule has 0 aromatic carbocycles. The minimum atomic E-state index is 0. The molecule has 2 N–H and O–H groups in total. The topological polar surface area (TPSA) is 49.6 Å². The summed E-state index contributed by atoms with van der Waals surface area (Å²) in [6.45, 7) is 4.39. The molecular weight excluding hydrogens is 465 g/mol. The van der Waals surface area contributed by atoms with Crippen molar-refractivity contribution in [1.29, 1.82) is 0 Å². The Bertz CT molecular complexity index is 542. The van der Waals surface area contributed by atoms with Crippen LogP contribution in [0.1, 0.15) is 17.6 Å². The smallest absolute Gasteiger partial charge is 0.191 e. The molecule has 4 nitrogen and oxygen atoms in total. The first-order valence-electron chi connectivity index (χ1n) is 6.55. The number of nitrogens with one attached hydrogen (secondary N) is 2. The van der Waals surface area contributed by atoms with Gasteiger partial charge in [0.1, 0.15) is 5.76 Å². The summed E-state index contributed by atoms with van der Waals surface area (Å²) in [6, 6.07) is 5.98. The van der Waals surface area contributed by atoms with Crippen molar-refractivity contribution < 1.29 is 4.42 Å².